The lowest BCUT2D eigenvalue weighted by atomic mass is 10.1. The van der Waals surface area contributed by atoms with Crippen LogP contribution in [0.4, 0.5) is 16.4 Å². The van der Waals surface area contributed by atoms with Gasteiger partial charge in [-0.15, -0.1) is 0 Å². The van der Waals surface area contributed by atoms with E-state index in [-0.39, 0.29) is 16.0 Å². The molecule has 2 aromatic heterocycles. The highest BCUT2D eigenvalue weighted by Gasteiger charge is 2.24. The first kappa shape index (κ1) is 27.2. The molecule has 0 spiro atoms. The van der Waals surface area contributed by atoms with E-state index >= 15 is 0 Å². The number of hydrogen-bond donors (Lipinski definition) is 3. The van der Waals surface area contributed by atoms with Crippen LogP contribution in [0.3, 0.4) is 0 Å². The number of rotatable bonds is 8. The maximum Gasteiger partial charge on any atom is 0.407 e. The molecule has 1 saturated heterocycles. The number of hydrogen-bond acceptors (Lipinski definition) is 8. The van der Waals surface area contributed by atoms with Gasteiger partial charge in [0.1, 0.15) is 10.6 Å². The molecule has 0 aliphatic carbocycles. The third-order valence-corrected chi connectivity index (χ3v) is 8.06. The lowest BCUT2D eigenvalue weighted by Crippen LogP contribution is -2.44. The van der Waals surface area contributed by atoms with Crippen molar-refractivity contribution < 1.29 is 23.1 Å². The van der Waals surface area contributed by atoms with E-state index in [1.54, 1.807) is 60.9 Å². The fourth-order valence-corrected chi connectivity index (χ4v) is 5.85. The number of amides is 1. The SMILES string of the molecule is O=C(O)N1CCC[C@H](Nc2nccc(-c3cccnc3Oc3ccc(NS(=O)(=O)c4ccccc4Cl)cc3)n2)C1. The maximum atomic E-state index is 12.7. The predicted octanol–water partition coefficient (Wildman–Crippen LogP) is 5.34. The minimum Gasteiger partial charge on any atom is -0.465 e. The first-order valence-corrected chi connectivity index (χ1v) is 14.2. The number of likely N-dealkylation sites (tertiary alicyclic amines) is 1. The Hall–Kier alpha value is -4.42. The summed E-state index contributed by atoms with van der Waals surface area (Å²) in [5.41, 5.74) is 1.52. The Morgan fingerprint density at radius 1 is 1.02 bits per heavy atom. The summed E-state index contributed by atoms with van der Waals surface area (Å²) in [6.07, 6.45) is 3.82. The summed E-state index contributed by atoms with van der Waals surface area (Å²) in [5, 5.41) is 12.7. The van der Waals surface area contributed by atoms with Gasteiger partial charge in [-0.3, -0.25) is 4.72 Å². The van der Waals surface area contributed by atoms with Crippen LogP contribution in [-0.2, 0) is 10.0 Å². The zero-order valence-corrected chi connectivity index (χ0v) is 22.6. The second-order valence-corrected chi connectivity index (χ2v) is 11.1. The van der Waals surface area contributed by atoms with Crippen LogP contribution in [0, 0.1) is 0 Å². The molecule has 3 heterocycles. The average molecular weight is 581 g/mol. The second kappa shape index (κ2) is 11.8. The molecular weight excluding hydrogens is 556 g/mol. The quantitative estimate of drug-likeness (QED) is 0.251. The Morgan fingerprint density at radius 3 is 2.60 bits per heavy atom. The van der Waals surface area contributed by atoms with Gasteiger partial charge in [-0.2, -0.15) is 0 Å². The van der Waals surface area contributed by atoms with Crippen molar-refractivity contribution in [2.24, 2.45) is 0 Å². The maximum absolute atomic E-state index is 12.7. The highest BCUT2D eigenvalue weighted by molar-refractivity contribution is 7.92. The third-order valence-electron chi connectivity index (χ3n) is 6.18. The van der Waals surface area contributed by atoms with Crippen LogP contribution in [0.25, 0.3) is 11.3 Å². The van der Waals surface area contributed by atoms with Crippen LogP contribution in [0.5, 0.6) is 11.6 Å². The molecule has 3 N–H and O–H groups in total. The van der Waals surface area contributed by atoms with Crippen LogP contribution in [-0.4, -0.2) is 58.6 Å². The number of nitrogens with one attached hydrogen (secondary N) is 2. The van der Waals surface area contributed by atoms with Crippen LogP contribution in [0.1, 0.15) is 12.8 Å². The molecule has 5 rings (SSSR count). The van der Waals surface area contributed by atoms with Crippen molar-refractivity contribution in [2.75, 3.05) is 23.1 Å². The molecule has 4 aromatic rings. The van der Waals surface area contributed by atoms with Gasteiger partial charge in [-0.1, -0.05) is 23.7 Å². The second-order valence-electron chi connectivity index (χ2n) is 9.00. The molecule has 1 aliphatic heterocycles. The fourth-order valence-electron chi connectivity index (χ4n) is 4.27. The van der Waals surface area contributed by atoms with Crippen molar-refractivity contribution in [2.45, 2.75) is 23.8 Å². The predicted molar refractivity (Wildman–Crippen MR) is 150 cm³/mol. The van der Waals surface area contributed by atoms with Gasteiger partial charge >= 0.3 is 6.09 Å². The zero-order chi connectivity index (χ0) is 28.1. The van der Waals surface area contributed by atoms with E-state index in [1.165, 1.54) is 17.0 Å². The molecule has 0 saturated carbocycles. The number of aromatic nitrogens is 3. The standard InChI is InChI=1S/C27H25ClN6O5S/c28-22-7-1-2-8-24(22)40(37,38)33-18-9-11-20(12-10-18)39-25-21(6-3-14-29-25)23-13-15-30-26(32-23)31-19-5-4-16-34(17-19)27(35)36/h1-3,6-15,19,33H,4-5,16-17H2,(H,35,36)(H,30,31,32)/t19-/m0/s1. The monoisotopic (exact) mass is 580 g/mol. The van der Waals surface area contributed by atoms with Gasteiger partial charge in [0.2, 0.25) is 11.8 Å². The minimum atomic E-state index is -3.87. The molecule has 1 fully saturated rings. The van der Waals surface area contributed by atoms with E-state index in [9.17, 15) is 18.3 Å². The Balaban J connectivity index is 1.30. The summed E-state index contributed by atoms with van der Waals surface area (Å²) >= 11 is 6.05. The van der Waals surface area contributed by atoms with E-state index in [4.69, 9.17) is 16.3 Å². The fraction of sp³-hybridized carbons (Fsp3) is 0.185. The molecule has 1 aliphatic rings. The summed E-state index contributed by atoms with van der Waals surface area (Å²) in [6.45, 7) is 0.869. The molecular formula is C27H25ClN6O5S. The van der Waals surface area contributed by atoms with Crippen molar-refractivity contribution >= 4 is 39.4 Å². The van der Waals surface area contributed by atoms with Gasteiger partial charge in [0, 0.05) is 37.2 Å². The zero-order valence-electron chi connectivity index (χ0n) is 21.1. The van der Waals surface area contributed by atoms with Gasteiger partial charge in [0.25, 0.3) is 10.0 Å². The van der Waals surface area contributed by atoms with Gasteiger partial charge in [0.15, 0.2) is 0 Å². The summed E-state index contributed by atoms with van der Waals surface area (Å²) in [4.78, 5) is 26.0. The number of piperidine rings is 1. The Bertz CT molecular complexity index is 1620. The molecule has 40 heavy (non-hydrogen) atoms. The first-order chi connectivity index (χ1) is 19.3. The van der Waals surface area contributed by atoms with Crippen molar-refractivity contribution in [3.05, 3.63) is 84.1 Å². The normalized spacial score (nSPS) is 15.3. The number of halogens is 1. The molecule has 1 amide bonds. The number of nitrogens with zero attached hydrogens (tertiary/aromatic N) is 4. The molecule has 13 heteroatoms. The van der Waals surface area contributed by atoms with Gasteiger partial charge in [-0.05, 0) is 67.4 Å². The van der Waals surface area contributed by atoms with Crippen molar-refractivity contribution in [3.63, 3.8) is 0 Å². The summed E-state index contributed by atoms with van der Waals surface area (Å²) in [6, 6.07) is 17.8. The Morgan fingerprint density at radius 2 is 1.82 bits per heavy atom. The lowest BCUT2D eigenvalue weighted by molar-refractivity contribution is 0.132. The van der Waals surface area contributed by atoms with Crippen molar-refractivity contribution in [3.8, 4) is 22.9 Å². The first-order valence-electron chi connectivity index (χ1n) is 12.4. The van der Waals surface area contributed by atoms with Crippen LogP contribution >= 0.6 is 11.6 Å². The largest absolute Gasteiger partial charge is 0.465 e. The van der Waals surface area contributed by atoms with Crippen molar-refractivity contribution in [1.29, 1.82) is 0 Å². The summed E-state index contributed by atoms with van der Waals surface area (Å²) < 4.78 is 34.0. The van der Waals surface area contributed by atoms with Gasteiger partial charge < -0.3 is 20.1 Å². The van der Waals surface area contributed by atoms with Crippen molar-refractivity contribution in [1.82, 2.24) is 19.9 Å². The highest BCUT2D eigenvalue weighted by Crippen LogP contribution is 2.32. The molecule has 0 unspecified atom stereocenters. The van der Waals surface area contributed by atoms with Gasteiger partial charge in [0.05, 0.1) is 16.3 Å². The molecule has 0 bridgehead atoms. The molecule has 11 nitrogen and oxygen atoms in total. The molecule has 1 atom stereocenters. The number of carbonyl (C=O) groups is 1. The lowest BCUT2D eigenvalue weighted by Gasteiger charge is -2.31. The van der Waals surface area contributed by atoms with Crippen LogP contribution < -0.4 is 14.8 Å². The average Bonchev–Trinajstić information content (AvgIpc) is 2.95. The third kappa shape index (κ3) is 6.41. The summed E-state index contributed by atoms with van der Waals surface area (Å²) in [5.74, 6) is 1.11. The topological polar surface area (TPSA) is 147 Å². The van der Waals surface area contributed by atoms with E-state index in [2.05, 4.69) is 25.0 Å². The Labute approximate surface area is 235 Å². The van der Waals surface area contributed by atoms with Crippen LogP contribution in [0.2, 0.25) is 5.02 Å². The number of sulfonamides is 1. The van der Waals surface area contributed by atoms with E-state index < -0.39 is 16.1 Å². The van der Waals surface area contributed by atoms with E-state index in [1.807, 2.05) is 6.07 Å². The van der Waals surface area contributed by atoms with Crippen LogP contribution in [0.15, 0.2) is 84.0 Å². The summed E-state index contributed by atoms with van der Waals surface area (Å²) in [7, 11) is -3.87. The number of benzene rings is 2. The Kier molecular flexibility index (Phi) is 7.99. The number of carboxylic acid groups (broad SMARTS) is 1. The smallest absolute Gasteiger partial charge is 0.407 e. The van der Waals surface area contributed by atoms with E-state index in [0.29, 0.717) is 47.6 Å². The highest BCUT2D eigenvalue weighted by atomic mass is 35.5. The minimum absolute atomic E-state index is 0.0171. The number of ether oxygens (including phenoxy) is 1. The molecule has 206 valence electrons. The molecule has 0 radical (unpaired) electrons. The van der Waals surface area contributed by atoms with Gasteiger partial charge in [-0.25, -0.2) is 28.2 Å². The number of anilines is 2. The number of pyridine rings is 1. The van der Waals surface area contributed by atoms with E-state index in [0.717, 1.165) is 12.8 Å². The molecule has 2 aromatic carbocycles.